The molecule has 2 atom stereocenters. The number of nitrogens with zero attached hydrogens (tertiary/aromatic N) is 4. The molecule has 104 valence electrons. The summed E-state index contributed by atoms with van der Waals surface area (Å²) >= 11 is 0. The van der Waals surface area contributed by atoms with Gasteiger partial charge in [0.15, 0.2) is 5.82 Å². The van der Waals surface area contributed by atoms with Gasteiger partial charge in [-0.3, -0.25) is 0 Å². The van der Waals surface area contributed by atoms with E-state index in [1.54, 1.807) is 0 Å². The molecule has 0 bridgehead atoms. The summed E-state index contributed by atoms with van der Waals surface area (Å²) in [5.74, 6) is 1.47. The van der Waals surface area contributed by atoms with Crippen LogP contribution in [0.25, 0.3) is 0 Å². The molecule has 0 aliphatic heterocycles. The van der Waals surface area contributed by atoms with Crippen LogP contribution in [0, 0.1) is 5.92 Å². The molecular formula is C12H25N5O. The van der Waals surface area contributed by atoms with Gasteiger partial charge in [-0.2, -0.15) is 0 Å². The molecule has 0 aromatic carbocycles. The number of ether oxygens (including phenoxy) is 1. The summed E-state index contributed by atoms with van der Waals surface area (Å²) in [4.78, 5) is 0. The van der Waals surface area contributed by atoms with Crippen molar-refractivity contribution in [2.24, 2.45) is 5.92 Å². The van der Waals surface area contributed by atoms with Gasteiger partial charge in [0.25, 0.3) is 0 Å². The maximum atomic E-state index is 5.51. The molecule has 0 radical (unpaired) electrons. The summed E-state index contributed by atoms with van der Waals surface area (Å²) in [6, 6.07) is 0.149. The maximum Gasteiger partial charge on any atom is 0.168 e. The summed E-state index contributed by atoms with van der Waals surface area (Å²) in [5, 5.41) is 15.3. The van der Waals surface area contributed by atoms with Crippen LogP contribution in [-0.2, 0) is 11.3 Å². The Morgan fingerprint density at radius 1 is 1.28 bits per heavy atom. The standard InChI is InChI=1S/C12H25N5O/c1-6-18-10(4)8-17-12(14-15-16-17)11(5)13-7-9(2)3/h9-11,13H,6-8H2,1-5H3. The van der Waals surface area contributed by atoms with Crippen LogP contribution in [0.1, 0.15) is 46.5 Å². The first kappa shape index (κ1) is 15.0. The molecule has 1 rings (SSSR count). The highest BCUT2D eigenvalue weighted by molar-refractivity contribution is 4.90. The fraction of sp³-hybridized carbons (Fsp3) is 0.917. The van der Waals surface area contributed by atoms with Gasteiger partial charge in [0.1, 0.15) is 0 Å². The molecule has 18 heavy (non-hydrogen) atoms. The van der Waals surface area contributed by atoms with Crippen molar-refractivity contribution >= 4 is 0 Å². The summed E-state index contributed by atoms with van der Waals surface area (Å²) in [7, 11) is 0. The van der Waals surface area contributed by atoms with E-state index in [1.807, 2.05) is 18.5 Å². The quantitative estimate of drug-likeness (QED) is 0.760. The van der Waals surface area contributed by atoms with E-state index in [0.717, 1.165) is 12.4 Å². The minimum Gasteiger partial charge on any atom is -0.377 e. The van der Waals surface area contributed by atoms with Crippen LogP contribution in [0.2, 0.25) is 0 Å². The highest BCUT2D eigenvalue weighted by atomic mass is 16.5. The van der Waals surface area contributed by atoms with Gasteiger partial charge < -0.3 is 10.1 Å². The largest absolute Gasteiger partial charge is 0.377 e. The Bertz CT molecular complexity index is 339. The lowest BCUT2D eigenvalue weighted by molar-refractivity contribution is 0.0600. The zero-order chi connectivity index (χ0) is 13.5. The van der Waals surface area contributed by atoms with Gasteiger partial charge in [0.2, 0.25) is 0 Å². The minimum atomic E-state index is 0.120. The third kappa shape index (κ3) is 4.70. The van der Waals surface area contributed by atoms with Gasteiger partial charge in [-0.25, -0.2) is 4.68 Å². The molecule has 6 nitrogen and oxygen atoms in total. The molecule has 1 aromatic rings. The molecule has 1 N–H and O–H groups in total. The highest BCUT2D eigenvalue weighted by Gasteiger charge is 2.16. The summed E-state index contributed by atoms with van der Waals surface area (Å²) < 4.78 is 7.33. The van der Waals surface area contributed by atoms with E-state index >= 15 is 0 Å². The summed E-state index contributed by atoms with van der Waals surface area (Å²) in [6.45, 7) is 12.8. The monoisotopic (exact) mass is 255 g/mol. The number of nitrogens with one attached hydrogen (secondary N) is 1. The van der Waals surface area contributed by atoms with Crippen molar-refractivity contribution in [2.75, 3.05) is 13.2 Å². The second-order valence-corrected chi connectivity index (χ2v) is 5.01. The van der Waals surface area contributed by atoms with Crippen LogP contribution in [0.3, 0.4) is 0 Å². The lowest BCUT2D eigenvalue weighted by Crippen LogP contribution is -2.28. The van der Waals surface area contributed by atoms with E-state index in [4.69, 9.17) is 4.74 Å². The first-order valence-corrected chi connectivity index (χ1v) is 6.65. The van der Waals surface area contributed by atoms with E-state index in [1.165, 1.54) is 0 Å². The van der Waals surface area contributed by atoms with Crippen molar-refractivity contribution in [1.82, 2.24) is 25.5 Å². The van der Waals surface area contributed by atoms with Crippen LogP contribution in [-0.4, -0.2) is 39.5 Å². The zero-order valence-corrected chi connectivity index (χ0v) is 12.1. The average Bonchev–Trinajstić information content (AvgIpc) is 2.74. The van der Waals surface area contributed by atoms with Gasteiger partial charge in [-0.1, -0.05) is 13.8 Å². The first-order valence-electron chi connectivity index (χ1n) is 6.65. The van der Waals surface area contributed by atoms with Crippen molar-refractivity contribution < 1.29 is 4.74 Å². The van der Waals surface area contributed by atoms with E-state index < -0.39 is 0 Å². The molecule has 2 unspecified atom stereocenters. The normalized spacial score (nSPS) is 15.0. The Morgan fingerprint density at radius 3 is 2.61 bits per heavy atom. The molecule has 0 aliphatic carbocycles. The van der Waals surface area contributed by atoms with Crippen LogP contribution in [0.5, 0.6) is 0 Å². The summed E-state index contributed by atoms with van der Waals surface area (Å²) in [6.07, 6.45) is 0.120. The minimum absolute atomic E-state index is 0.120. The number of hydrogen-bond acceptors (Lipinski definition) is 5. The molecule has 6 heteroatoms. The van der Waals surface area contributed by atoms with E-state index in [0.29, 0.717) is 19.1 Å². The third-order valence-electron chi connectivity index (χ3n) is 2.66. The maximum absolute atomic E-state index is 5.51. The van der Waals surface area contributed by atoms with Crippen molar-refractivity contribution in [3.05, 3.63) is 5.82 Å². The third-order valence-corrected chi connectivity index (χ3v) is 2.66. The molecule has 1 aromatic heterocycles. The van der Waals surface area contributed by atoms with Crippen molar-refractivity contribution in [2.45, 2.75) is 53.3 Å². The van der Waals surface area contributed by atoms with Crippen molar-refractivity contribution in [3.63, 3.8) is 0 Å². The molecule has 0 saturated heterocycles. The zero-order valence-electron chi connectivity index (χ0n) is 12.1. The molecule has 0 saturated carbocycles. The number of rotatable bonds is 8. The fourth-order valence-corrected chi connectivity index (χ4v) is 1.74. The number of hydrogen-bond donors (Lipinski definition) is 1. The first-order chi connectivity index (χ1) is 8.54. The van der Waals surface area contributed by atoms with Gasteiger partial charge in [-0.15, -0.1) is 5.10 Å². The topological polar surface area (TPSA) is 64.9 Å². The van der Waals surface area contributed by atoms with E-state index in [2.05, 4.69) is 41.6 Å². The van der Waals surface area contributed by atoms with E-state index in [9.17, 15) is 0 Å². The Morgan fingerprint density at radius 2 is 2.00 bits per heavy atom. The number of aromatic nitrogens is 4. The lowest BCUT2D eigenvalue weighted by Gasteiger charge is -2.17. The Kier molecular flexibility index (Phi) is 6.21. The lowest BCUT2D eigenvalue weighted by atomic mass is 10.2. The fourth-order valence-electron chi connectivity index (χ4n) is 1.74. The van der Waals surface area contributed by atoms with Gasteiger partial charge in [-0.05, 0) is 43.7 Å². The molecule has 0 amide bonds. The van der Waals surface area contributed by atoms with Crippen molar-refractivity contribution in [3.8, 4) is 0 Å². The average molecular weight is 255 g/mol. The molecule has 1 heterocycles. The van der Waals surface area contributed by atoms with Crippen LogP contribution < -0.4 is 5.32 Å². The Labute approximate surface area is 109 Å². The molecule has 0 aliphatic rings. The van der Waals surface area contributed by atoms with Crippen LogP contribution in [0.15, 0.2) is 0 Å². The second-order valence-electron chi connectivity index (χ2n) is 5.01. The Hall–Kier alpha value is -1.01. The van der Waals surface area contributed by atoms with Crippen LogP contribution >= 0.6 is 0 Å². The number of tetrazole rings is 1. The van der Waals surface area contributed by atoms with E-state index in [-0.39, 0.29) is 12.1 Å². The highest BCUT2D eigenvalue weighted by Crippen LogP contribution is 2.09. The summed E-state index contributed by atoms with van der Waals surface area (Å²) in [5.41, 5.74) is 0. The molecule has 0 spiro atoms. The SMILES string of the molecule is CCOC(C)Cn1nnnc1C(C)NCC(C)C. The predicted octanol–water partition coefficient (Wildman–Crippen LogP) is 1.40. The Balaban J connectivity index is 2.58. The molecule has 0 fully saturated rings. The smallest absolute Gasteiger partial charge is 0.168 e. The van der Waals surface area contributed by atoms with Crippen LogP contribution in [0.4, 0.5) is 0 Å². The van der Waals surface area contributed by atoms with Gasteiger partial charge >= 0.3 is 0 Å². The van der Waals surface area contributed by atoms with Gasteiger partial charge in [0.05, 0.1) is 18.7 Å². The molecular weight excluding hydrogens is 230 g/mol. The van der Waals surface area contributed by atoms with Crippen molar-refractivity contribution in [1.29, 1.82) is 0 Å². The predicted molar refractivity (Wildman–Crippen MR) is 70.2 cm³/mol. The van der Waals surface area contributed by atoms with Gasteiger partial charge in [0, 0.05) is 6.61 Å². The second kappa shape index (κ2) is 7.43.